The third kappa shape index (κ3) is 16.7. The summed E-state index contributed by atoms with van der Waals surface area (Å²) >= 11 is 0. The Morgan fingerprint density at radius 1 is 0.542 bits per heavy atom. The Kier molecular flexibility index (Phi) is 19.1. The van der Waals surface area contributed by atoms with Crippen LogP contribution in [-0.2, 0) is 0 Å². The van der Waals surface area contributed by atoms with E-state index in [9.17, 15) is 0 Å². The van der Waals surface area contributed by atoms with Crippen LogP contribution in [0.5, 0.6) is 0 Å². The lowest BCUT2D eigenvalue weighted by atomic mass is 10.0. The Morgan fingerprint density at radius 2 is 0.875 bits per heavy atom. The Hall–Kier alpha value is -0.120. The number of aliphatic hydroxyl groups is 2. The molecule has 0 amide bonds. The molecule has 0 rings (SSSR count). The Bertz CT molecular complexity index is 234. The average Bonchev–Trinajstić information content (AvgIpc) is 2.57. The maximum atomic E-state index is 9.12. The molecule has 0 unspecified atom stereocenters. The second kappa shape index (κ2) is 19.2. The number of rotatable bonds is 19. The van der Waals surface area contributed by atoms with Gasteiger partial charge in [-0.05, 0) is 13.0 Å². The summed E-state index contributed by atoms with van der Waals surface area (Å²) in [6.07, 6.45) is 20.6. The van der Waals surface area contributed by atoms with Gasteiger partial charge in [-0.25, -0.2) is 0 Å². The number of hydrogen-bond acceptors (Lipinski definition) is 3. The van der Waals surface area contributed by atoms with Crippen molar-refractivity contribution in [1.82, 2.24) is 4.90 Å². The van der Waals surface area contributed by atoms with E-state index in [1.165, 1.54) is 96.3 Å². The predicted molar refractivity (Wildman–Crippen MR) is 105 cm³/mol. The summed E-state index contributed by atoms with van der Waals surface area (Å²) in [6.45, 7) is 5.75. The molecule has 0 aromatic carbocycles. The molecular formula is C21H45NO2. The molecule has 0 fully saturated rings. The molecule has 0 heterocycles. The van der Waals surface area contributed by atoms with Gasteiger partial charge in [-0.3, -0.25) is 4.90 Å². The van der Waals surface area contributed by atoms with Crippen LogP contribution >= 0.6 is 0 Å². The molecule has 2 N–H and O–H groups in total. The van der Waals surface area contributed by atoms with E-state index < -0.39 is 6.41 Å². The van der Waals surface area contributed by atoms with Crippen molar-refractivity contribution in [3.05, 3.63) is 0 Å². The maximum Gasteiger partial charge on any atom is 0.213 e. The summed E-state index contributed by atoms with van der Waals surface area (Å²) in [7, 11) is 0. The maximum absolute atomic E-state index is 9.12. The number of nitrogens with zero attached hydrogens (tertiary/aromatic N) is 1. The highest BCUT2D eigenvalue weighted by molar-refractivity contribution is 4.54. The van der Waals surface area contributed by atoms with Gasteiger partial charge in [0.1, 0.15) is 0 Å². The van der Waals surface area contributed by atoms with Gasteiger partial charge in [-0.15, -0.1) is 0 Å². The first-order valence-corrected chi connectivity index (χ1v) is 10.8. The Morgan fingerprint density at radius 3 is 1.17 bits per heavy atom. The van der Waals surface area contributed by atoms with Crippen LogP contribution in [0.2, 0.25) is 0 Å². The van der Waals surface area contributed by atoms with Gasteiger partial charge in [-0.2, -0.15) is 0 Å². The first kappa shape index (κ1) is 23.9. The van der Waals surface area contributed by atoms with E-state index in [0.29, 0.717) is 6.54 Å². The van der Waals surface area contributed by atoms with Gasteiger partial charge >= 0.3 is 0 Å². The van der Waals surface area contributed by atoms with Gasteiger partial charge in [0, 0.05) is 6.54 Å². The average molecular weight is 344 g/mol. The van der Waals surface area contributed by atoms with Gasteiger partial charge in [0.05, 0.1) is 0 Å². The first-order chi connectivity index (χ1) is 11.7. The summed E-state index contributed by atoms with van der Waals surface area (Å²) in [5, 5.41) is 18.2. The molecule has 0 saturated carbocycles. The Balaban J connectivity index is 3.10. The third-order valence-electron chi connectivity index (χ3n) is 5.03. The van der Waals surface area contributed by atoms with Gasteiger partial charge < -0.3 is 10.2 Å². The van der Waals surface area contributed by atoms with Gasteiger partial charge in [0.25, 0.3) is 0 Å². The molecule has 0 aliphatic rings. The second-order valence-electron chi connectivity index (χ2n) is 7.28. The zero-order chi connectivity index (χ0) is 17.9. The SMILES string of the molecule is CCCCCCCCCCCCCCCCCCN(CC)C(O)O. The van der Waals surface area contributed by atoms with Crippen LogP contribution in [-0.4, -0.2) is 34.6 Å². The topological polar surface area (TPSA) is 43.7 Å². The Labute approximate surface area is 151 Å². The summed E-state index contributed by atoms with van der Waals surface area (Å²) < 4.78 is 0. The highest BCUT2D eigenvalue weighted by atomic mass is 16.5. The van der Waals surface area contributed by atoms with Crippen LogP contribution in [0.15, 0.2) is 0 Å². The van der Waals surface area contributed by atoms with Crippen molar-refractivity contribution in [1.29, 1.82) is 0 Å². The van der Waals surface area contributed by atoms with E-state index >= 15 is 0 Å². The molecular weight excluding hydrogens is 298 g/mol. The molecule has 146 valence electrons. The quantitative estimate of drug-likeness (QED) is 0.229. The van der Waals surface area contributed by atoms with Crippen molar-refractivity contribution in [2.45, 2.75) is 123 Å². The highest BCUT2D eigenvalue weighted by Gasteiger charge is 2.08. The summed E-state index contributed by atoms with van der Waals surface area (Å²) in [4.78, 5) is 1.70. The standard InChI is InChI=1S/C21H45NO2/c1-3-5-6-7-8-9-10-11-12-13-14-15-16-17-18-19-20-22(4-2)21(23)24/h21,23-24H,3-20H2,1-2H3. The molecule has 0 aromatic heterocycles. The van der Waals surface area contributed by atoms with Gasteiger partial charge in [-0.1, -0.05) is 110 Å². The van der Waals surface area contributed by atoms with Crippen molar-refractivity contribution in [2.24, 2.45) is 0 Å². The van der Waals surface area contributed by atoms with E-state index in [0.717, 1.165) is 13.0 Å². The summed E-state index contributed by atoms with van der Waals surface area (Å²) in [5.41, 5.74) is 0. The fourth-order valence-corrected chi connectivity index (χ4v) is 3.30. The van der Waals surface area contributed by atoms with Crippen molar-refractivity contribution in [2.75, 3.05) is 13.1 Å². The van der Waals surface area contributed by atoms with Crippen LogP contribution in [0.3, 0.4) is 0 Å². The molecule has 0 spiro atoms. The summed E-state index contributed by atoms with van der Waals surface area (Å²) in [6, 6.07) is 0. The van der Waals surface area contributed by atoms with Crippen molar-refractivity contribution >= 4 is 0 Å². The van der Waals surface area contributed by atoms with Crippen LogP contribution < -0.4 is 0 Å². The molecule has 0 atom stereocenters. The van der Waals surface area contributed by atoms with Crippen molar-refractivity contribution < 1.29 is 10.2 Å². The van der Waals surface area contributed by atoms with Crippen LogP contribution in [0.4, 0.5) is 0 Å². The normalized spacial score (nSPS) is 11.8. The van der Waals surface area contributed by atoms with Crippen molar-refractivity contribution in [3.63, 3.8) is 0 Å². The smallest absolute Gasteiger partial charge is 0.213 e. The minimum absolute atomic E-state index is 0.705. The molecule has 0 aliphatic heterocycles. The van der Waals surface area contributed by atoms with E-state index in [1.54, 1.807) is 4.90 Å². The van der Waals surface area contributed by atoms with Gasteiger partial charge in [0.2, 0.25) is 6.41 Å². The summed E-state index contributed by atoms with van der Waals surface area (Å²) in [5.74, 6) is 0. The van der Waals surface area contributed by atoms with Crippen LogP contribution in [0.25, 0.3) is 0 Å². The fraction of sp³-hybridized carbons (Fsp3) is 1.00. The largest absolute Gasteiger partial charge is 0.356 e. The molecule has 24 heavy (non-hydrogen) atoms. The van der Waals surface area contributed by atoms with Gasteiger partial charge in [0.15, 0.2) is 0 Å². The van der Waals surface area contributed by atoms with Crippen molar-refractivity contribution in [3.8, 4) is 0 Å². The van der Waals surface area contributed by atoms with E-state index in [1.807, 2.05) is 6.92 Å². The monoisotopic (exact) mass is 343 g/mol. The second-order valence-corrected chi connectivity index (χ2v) is 7.28. The molecule has 0 aromatic rings. The minimum Gasteiger partial charge on any atom is -0.356 e. The lowest BCUT2D eigenvalue weighted by molar-refractivity contribution is -0.153. The minimum atomic E-state index is -1.29. The predicted octanol–water partition coefficient (Wildman–Crippen LogP) is 5.84. The zero-order valence-corrected chi connectivity index (χ0v) is 16.6. The van der Waals surface area contributed by atoms with E-state index in [-0.39, 0.29) is 0 Å². The molecule has 0 saturated heterocycles. The van der Waals surface area contributed by atoms with E-state index in [4.69, 9.17) is 10.2 Å². The molecule has 3 nitrogen and oxygen atoms in total. The molecule has 0 aliphatic carbocycles. The molecule has 3 heteroatoms. The lowest BCUT2D eigenvalue weighted by Gasteiger charge is -2.21. The number of hydrogen-bond donors (Lipinski definition) is 2. The molecule has 0 radical (unpaired) electrons. The molecule has 0 bridgehead atoms. The fourth-order valence-electron chi connectivity index (χ4n) is 3.30. The first-order valence-electron chi connectivity index (χ1n) is 10.8. The van der Waals surface area contributed by atoms with Crippen LogP contribution in [0, 0.1) is 0 Å². The lowest BCUT2D eigenvalue weighted by Crippen LogP contribution is -2.35. The zero-order valence-electron chi connectivity index (χ0n) is 16.6. The van der Waals surface area contributed by atoms with Crippen LogP contribution in [0.1, 0.15) is 117 Å². The number of aliphatic hydroxyl groups excluding tert-OH is 1. The third-order valence-corrected chi connectivity index (χ3v) is 5.03. The number of unbranched alkanes of at least 4 members (excludes halogenated alkanes) is 15. The highest BCUT2D eigenvalue weighted by Crippen LogP contribution is 2.13. The van der Waals surface area contributed by atoms with E-state index in [2.05, 4.69) is 6.92 Å².